The van der Waals surface area contributed by atoms with Crippen LogP contribution in [0.3, 0.4) is 0 Å². The van der Waals surface area contributed by atoms with Gasteiger partial charge in [-0.2, -0.15) is 5.26 Å². The minimum Gasteiger partial charge on any atom is -0.326 e. The van der Waals surface area contributed by atoms with Crippen molar-refractivity contribution in [2.24, 2.45) is 0 Å². The standard InChI is InChI=1S/C26H29ClN4O5S/c1-30(37(2,34)35)21-9-5-6-10-22(21)31-24(17-11-13-18(27)14-12-17)23(25(32)29-36-16-15-28)19-7-3-4-8-20(19)26(31)33/h3-4,7-8,11-14,21-24H,5-6,9-10,16H2,1-2H3,(H,29,32)/t21-,22-,23+,24-/m0/s1. The van der Waals surface area contributed by atoms with Gasteiger partial charge in [0.15, 0.2) is 6.61 Å². The fraction of sp³-hybridized carbons (Fsp3) is 0.423. The second-order valence-corrected chi connectivity index (χ2v) is 11.9. The van der Waals surface area contributed by atoms with E-state index in [4.69, 9.17) is 21.7 Å². The van der Waals surface area contributed by atoms with Crippen LogP contribution >= 0.6 is 11.6 Å². The molecule has 1 fully saturated rings. The van der Waals surface area contributed by atoms with Crippen molar-refractivity contribution in [3.8, 4) is 6.07 Å². The molecule has 9 nitrogen and oxygen atoms in total. The Morgan fingerprint density at radius 2 is 1.86 bits per heavy atom. The van der Waals surface area contributed by atoms with Crippen molar-refractivity contribution in [2.45, 2.75) is 49.7 Å². The lowest BCUT2D eigenvalue weighted by atomic mass is 9.76. The molecular formula is C26H29ClN4O5S. The lowest BCUT2D eigenvalue weighted by Crippen LogP contribution is -2.59. The molecule has 1 heterocycles. The summed E-state index contributed by atoms with van der Waals surface area (Å²) in [5, 5.41) is 9.35. The first-order valence-electron chi connectivity index (χ1n) is 12.0. The van der Waals surface area contributed by atoms with Gasteiger partial charge in [0.1, 0.15) is 0 Å². The maximum atomic E-state index is 14.1. The second-order valence-electron chi connectivity index (χ2n) is 9.39. The molecule has 11 heteroatoms. The maximum absolute atomic E-state index is 14.1. The predicted octanol–water partition coefficient (Wildman–Crippen LogP) is 3.39. The number of nitriles is 1. The molecule has 4 rings (SSSR count). The molecule has 2 aromatic carbocycles. The summed E-state index contributed by atoms with van der Waals surface area (Å²) >= 11 is 6.16. The largest absolute Gasteiger partial charge is 0.326 e. The van der Waals surface area contributed by atoms with E-state index in [1.54, 1.807) is 53.4 Å². The van der Waals surface area contributed by atoms with E-state index in [1.807, 2.05) is 6.07 Å². The van der Waals surface area contributed by atoms with Crippen LogP contribution in [0.25, 0.3) is 0 Å². The van der Waals surface area contributed by atoms with Gasteiger partial charge in [0, 0.05) is 29.7 Å². The van der Waals surface area contributed by atoms with E-state index in [1.165, 1.54) is 11.4 Å². The van der Waals surface area contributed by atoms with Gasteiger partial charge in [0.2, 0.25) is 10.0 Å². The summed E-state index contributed by atoms with van der Waals surface area (Å²) in [4.78, 5) is 34.5. The number of amides is 2. The molecular weight excluding hydrogens is 516 g/mol. The number of halogens is 1. The molecule has 1 saturated carbocycles. The molecule has 1 aliphatic heterocycles. The molecule has 0 saturated heterocycles. The lowest BCUT2D eigenvalue weighted by molar-refractivity contribution is -0.136. The third-order valence-electron chi connectivity index (χ3n) is 7.22. The minimum absolute atomic E-state index is 0.267. The number of carbonyl (C=O) groups is 2. The van der Waals surface area contributed by atoms with Crippen LogP contribution in [0.15, 0.2) is 48.5 Å². The van der Waals surface area contributed by atoms with Crippen molar-refractivity contribution >= 4 is 33.4 Å². The van der Waals surface area contributed by atoms with Gasteiger partial charge in [-0.1, -0.05) is 54.8 Å². The summed E-state index contributed by atoms with van der Waals surface area (Å²) in [6, 6.07) is 14.0. The van der Waals surface area contributed by atoms with Gasteiger partial charge in [-0.3, -0.25) is 14.4 Å². The second kappa shape index (κ2) is 11.2. The lowest BCUT2D eigenvalue weighted by Gasteiger charge is -2.50. The van der Waals surface area contributed by atoms with E-state index in [-0.39, 0.29) is 12.5 Å². The van der Waals surface area contributed by atoms with Gasteiger partial charge in [-0.25, -0.2) is 18.2 Å². The zero-order valence-corrected chi connectivity index (χ0v) is 22.2. The van der Waals surface area contributed by atoms with Crippen LogP contribution < -0.4 is 5.48 Å². The summed E-state index contributed by atoms with van der Waals surface area (Å²) in [5.41, 5.74) is 3.96. The normalized spacial score (nSPS) is 23.9. The molecule has 2 aromatic rings. The van der Waals surface area contributed by atoms with Crippen molar-refractivity contribution in [2.75, 3.05) is 19.9 Å². The van der Waals surface area contributed by atoms with Crippen molar-refractivity contribution in [3.63, 3.8) is 0 Å². The SMILES string of the molecule is CN([C@H]1CCCC[C@@H]1N1C(=O)c2ccccc2[C@@H](C(=O)NOCC#N)[C@@H]1c1ccc(Cl)cc1)S(C)(=O)=O. The van der Waals surface area contributed by atoms with Gasteiger partial charge in [0.05, 0.1) is 24.3 Å². The number of likely N-dealkylation sites (N-methyl/N-ethyl adjacent to an activating group) is 1. The Morgan fingerprint density at radius 3 is 2.54 bits per heavy atom. The number of nitrogens with one attached hydrogen (secondary N) is 1. The van der Waals surface area contributed by atoms with Crippen molar-refractivity contribution < 1.29 is 22.8 Å². The maximum Gasteiger partial charge on any atom is 0.255 e. The molecule has 37 heavy (non-hydrogen) atoms. The number of carbonyl (C=O) groups excluding carboxylic acids is 2. The highest BCUT2D eigenvalue weighted by Gasteiger charge is 2.49. The monoisotopic (exact) mass is 544 g/mol. The molecule has 2 amide bonds. The molecule has 1 N–H and O–H groups in total. The van der Waals surface area contributed by atoms with Crippen LogP contribution in [-0.2, 0) is 19.7 Å². The number of hydroxylamine groups is 1. The smallest absolute Gasteiger partial charge is 0.255 e. The molecule has 0 aromatic heterocycles. The first kappa shape index (κ1) is 27.1. The van der Waals surface area contributed by atoms with Crippen LogP contribution in [0.2, 0.25) is 5.02 Å². The number of fused-ring (bicyclic) bond motifs is 1. The quantitative estimate of drug-likeness (QED) is 0.421. The Morgan fingerprint density at radius 1 is 1.19 bits per heavy atom. The van der Waals surface area contributed by atoms with E-state index < -0.39 is 40.0 Å². The Labute approximate surface area is 222 Å². The van der Waals surface area contributed by atoms with Crippen molar-refractivity contribution in [3.05, 3.63) is 70.2 Å². The predicted molar refractivity (Wildman–Crippen MR) is 138 cm³/mol. The fourth-order valence-electron chi connectivity index (χ4n) is 5.50. The summed E-state index contributed by atoms with van der Waals surface area (Å²) in [6.45, 7) is -0.335. The summed E-state index contributed by atoms with van der Waals surface area (Å²) < 4.78 is 26.4. The topological polar surface area (TPSA) is 120 Å². The summed E-state index contributed by atoms with van der Waals surface area (Å²) in [7, 11) is -2.00. The Kier molecular flexibility index (Phi) is 8.19. The fourth-order valence-corrected chi connectivity index (χ4v) is 6.37. The molecule has 196 valence electrons. The number of sulfonamides is 1. The highest BCUT2D eigenvalue weighted by Crippen LogP contribution is 2.46. The number of benzene rings is 2. The first-order chi connectivity index (χ1) is 17.6. The number of hydrogen-bond donors (Lipinski definition) is 1. The Balaban J connectivity index is 1.90. The van der Waals surface area contributed by atoms with Crippen LogP contribution in [0.4, 0.5) is 0 Å². The average Bonchev–Trinajstić information content (AvgIpc) is 2.88. The van der Waals surface area contributed by atoms with E-state index in [9.17, 15) is 18.0 Å². The van der Waals surface area contributed by atoms with E-state index in [0.717, 1.165) is 19.1 Å². The van der Waals surface area contributed by atoms with Gasteiger partial charge in [-0.05, 0) is 42.2 Å². The van der Waals surface area contributed by atoms with Gasteiger partial charge in [-0.15, -0.1) is 0 Å². The molecule has 0 radical (unpaired) electrons. The highest BCUT2D eigenvalue weighted by molar-refractivity contribution is 7.88. The van der Waals surface area contributed by atoms with Gasteiger partial charge < -0.3 is 4.90 Å². The number of hydrogen-bond acceptors (Lipinski definition) is 6. The average molecular weight is 545 g/mol. The van der Waals surface area contributed by atoms with E-state index >= 15 is 0 Å². The minimum atomic E-state index is -3.54. The summed E-state index contributed by atoms with van der Waals surface area (Å²) in [5.74, 6) is -1.65. The number of rotatable bonds is 7. The Hall–Kier alpha value is -2.97. The molecule has 0 bridgehead atoms. The molecule has 0 unspecified atom stereocenters. The van der Waals surface area contributed by atoms with Gasteiger partial charge in [0.25, 0.3) is 11.8 Å². The molecule has 2 aliphatic rings. The zero-order chi connectivity index (χ0) is 26.7. The van der Waals surface area contributed by atoms with Crippen LogP contribution in [-0.4, -0.2) is 61.4 Å². The molecule has 0 spiro atoms. The van der Waals surface area contributed by atoms with Crippen molar-refractivity contribution in [1.82, 2.24) is 14.7 Å². The van der Waals surface area contributed by atoms with Crippen LogP contribution in [0, 0.1) is 11.3 Å². The highest BCUT2D eigenvalue weighted by atomic mass is 35.5. The van der Waals surface area contributed by atoms with Crippen molar-refractivity contribution in [1.29, 1.82) is 5.26 Å². The third-order valence-corrected chi connectivity index (χ3v) is 8.79. The zero-order valence-electron chi connectivity index (χ0n) is 20.6. The molecule has 1 aliphatic carbocycles. The van der Waals surface area contributed by atoms with E-state index in [0.29, 0.717) is 34.6 Å². The third kappa shape index (κ3) is 5.50. The summed E-state index contributed by atoms with van der Waals surface area (Å²) in [6.07, 6.45) is 3.99. The van der Waals surface area contributed by atoms with Gasteiger partial charge >= 0.3 is 0 Å². The Bertz CT molecular complexity index is 1310. The van der Waals surface area contributed by atoms with Crippen LogP contribution in [0.1, 0.15) is 59.1 Å². The number of nitrogens with zero attached hydrogens (tertiary/aromatic N) is 3. The first-order valence-corrected chi connectivity index (χ1v) is 14.3. The molecule has 4 atom stereocenters. The van der Waals surface area contributed by atoms with E-state index in [2.05, 4.69) is 5.48 Å². The van der Waals surface area contributed by atoms with Crippen LogP contribution in [0.5, 0.6) is 0 Å².